The lowest BCUT2D eigenvalue weighted by atomic mass is 10.2. The van der Waals surface area contributed by atoms with Crippen molar-refractivity contribution in [1.29, 1.82) is 0 Å². The second kappa shape index (κ2) is 6.23. The van der Waals surface area contributed by atoms with Crippen molar-refractivity contribution in [3.8, 4) is 0 Å². The van der Waals surface area contributed by atoms with Gasteiger partial charge in [0.05, 0.1) is 13.2 Å². The van der Waals surface area contributed by atoms with Crippen LogP contribution in [0.2, 0.25) is 5.02 Å². The highest BCUT2D eigenvalue weighted by Crippen LogP contribution is 2.23. The first-order chi connectivity index (χ1) is 8.66. The fourth-order valence-corrected chi connectivity index (χ4v) is 2.31. The summed E-state index contributed by atoms with van der Waals surface area (Å²) in [5, 5.41) is 0.643. The van der Waals surface area contributed by atoms with Gasteiger partial charge in [-0.25, -0.2) is 0 Å². The number of ether oxygens (including phenoxy) is 1. The molecule has 0 aliphatic rings. The van der Waals surface area contributed by atoms with Gasteiger partial charge in [-0.05, 0) is 29.8 Å². The third kappa shape index (κ3) is 3.48. The molecule has 2 aromatic carbocycles. The lowest BCUT2D eigenvalue weighted by Crippen LogP contribution is -1.99. The van der Waals surface area contributed by atoms with Gasteiger partial charge in [0.15, 0.2) is 0 Å². The van der Waals surface area contributed by atoms with Crippen molar-refractivity contribution in [1.82, 2.24) is 0 Å². The Hall–Kier alpha value is -1.03. The summed E-state index contributed by atoms with van der Waals surface area (Å²) in [7, 11) is 0. The molecule has 94 valence electrons. The number of rotatable bonds is 4. The molecule has 0 saturated carbocycles. The maximum absolute atomic E-state index is 6.07. The zero-order valence-corrected chi connectivity index (χ0v) is 12.0. The normalized spacial score (nSPS) is 10.6. The molecular weight excluding hydrogens is 314 g/mol. The predicted octanol–water partition coefficient (Wildman–Crippen LogP) is 4.40. The van der Waals surface area contributed by atoms with Crippen LogP contribution in [0.5, 0.6) is 0 Å². The Bertz CT molecular complexity index is 525. The fraction of sp³-hybridized carbons (Fsp3) is 0.143. The van der Waals surface area contributed by atoms with Crippen LogP contribution in [-0.2, 0) is 18.0 Å². The third-order valence-electron chi connectivity index (χ3n) is 2.56. The van der Waals surface area contributed by atoms with Crippen molar-refractivity contribution in [2.24, 2.45) is 0 Å². The number of nitrogen functional groups attached to an aromatic ring is 1. The van der Waals surface area contributed by atoms with Gasteiger partial charge in [-0.2, -0.15) is 0 Å². The summed E-state index contributed by atoms with van der Waals surface area (Å²) in [6.45, 7) is 0.947. The maximum atomic E-state index is 6.07. The fourth-order valence-electron chi connectivity index (χ4n) is 1.63. The summed E-state index contributed by atoms with van der Waals surface area (Å²) in [5.74, 6) is 0. The lowest BCUT2D eigenvalue weighted by molar-refractivity contribution is 0.107. The van der Waals surface area contributed by atoms with E-state index < -0.39 is 0 Å². The van der Waals surface area contributed by atoms with E-state index in [2.05, 4.69) is 15.9 Å². The third-order valence-corrected chi connectivity index (χ3v) is 3.41. The molecule has 4 heteroatoms. The zero-order valence-electron chi connectivity index (χ0n) is 9.70. The number of hydrogen-bond acceptors (Lipinski definition) is 2. The van der Waals surface area contributed by atoms with Crippen LogP contribution in [0.15, 0.2) is 46.9 Å². The first kappa shape index (κ1) is 13.4. The summed E-state index contributed by atoms with van der Waals surface area (Å²) >= 11 is 9.49. The van der Waals surface area contributed by atoms with Gasteiger partial charge in [-0.3, -0.25) is 0 Å². The Morgan fingerprint density at radius 2 is 1.89 bits per heavy atom. The Morgan fingerprint density at radius 3 is 2.61 bits per heavy atom. The van der Waals surface area contributed by atoms with Crippen LogP contribution in [0, 0.1) is 0 Å². The Kier molecular flexibility index (Phi) is 4.64. The monoisotopic (exact) mass is 325 g/mol. The molecule has 18 heavy (non-hydrogen) atoms. The highest BCUT2D eigenvalue weighted by molar-refractivity contribution is 9.10. The quantitative estimate of drug-likeness (QED) is 0.845. The van der Waals surface area contributed by atoms with E-state index in [1.165, 1.54) is 0 Å². The molecule has 0 bridgehead atoms. The van der Waals surface area contributed by atoms with Gasteiger partial charge in [0.25, 0.3) is 0 Å². The smallest absolute Gasteiger partial charge is 0.0756 e. The van der Waals surface area contributed by atoms with Crippen LogP contribution in [0.3, 0.4) is 0 Å². The predicted molar refractivity (Wildman–Crippen MR) is 78.5 cm³/mol. The van der Waals surface area contributed by atoms with Gasteiger partial charge in [0, 0.05) is 20.7 Å². The molecule has 0 spiro atoms. The van der Waals surface area contributed by atoms with Crippen LogP contribution in [0.4, 0.5) is 5.69 Å². The molecule has 0 aliphatic heterocycles. The largest absolute Gasteiger partial charge is 0.398 e. The number of halogens is 2. The topological polar surface area (TPSA) is 35.2 Å². The highest BCUT2D eigenvalue weighted by Gasteiger charge is 2.04. The van der Waals surface area contributed by atoms with E-state index in [0.29, 0.717) is 23.9 Å². The van der Waals surface area contributed by atoms with Gasteiger partial charge >= 0.3 is 0 Å². The molecule has 2 N–H and O–H groups in total. The molecule has 0 aromatic heterocycles. The minimum atomic E-state index is 0.415. The van der Waals surface area contributed by atoms with Crippen molar-refractivity contribution in [3.05, 3.63) is 63.1 Å². The van der Waals surface area contributed by atoms with E-state index in [1.807, 2.05) is 42.5 Å². The molecule has 2 nitrogen and oxygen atoms in total. The van der Waals surface area contributed by atoms with E-state index in [4.69, 9.17) is 22.1 Å². The van der Waals surface area contributed by atoms with Gasteiger partial charge in [-0.1, -0.05) is 45.7 Å². The second-order valence-corrected chi connectivity index (χ2v) is 5.25. The van der Waals surface area contributed by atoms with E-state index in [-0.39, 0.29) is 0 Å². The number of anilines is 1. The average Bonchev–Trinajstić information content (AvgIpc) is 2.33. The zero-order chi connectivity index (χ0) is 13.0. The van der Waals surface area contributed by atoms with Crippen molar-refractivity contribution >= 4 is 33.2 Å². The number of nitrogens with two attached hydrogens (primary N) is 1. The molecule has 0 unspecified atom stereocenters. The number of hydrogen-bond donors (Lipinski definition) is 1. The Labute approximate surface area is 120 Å². The highest BCUT2D eigenvalue weighted by atomic mass is 79.9. The molecule has 2 rings (SSSR count). The molecule has 0 aliphatic carbocycles. The number of benzene rings is 2. The summed E-state index contributed by atoms with van der Waals surface area (Å²) in [6.07, 6.45) is 0. The Balaban J connectivity index is 1.97. The van der Waals surface area contributed by atoms with Gasteiger partial charge < -0.3 is 10.5 Å². The standard InChI is InChI=1S/C14H13BrClNO/c15-11-4-1-3-10(7-11)8-18-9-12-13(16)5-2-6-14(12)17/h1-7H,8-9,17H2. The molecule has 0 atom stereocenters. The van der Waals surface area contributed by atoms with Crippen molar-refractivity contribution < 1.29 is 4.74 Å². The van der Waals surface area contributed by atoms with E-state index in [0.717, 1.165) is 15.6 Å². The SMILES string of the molecule is Nc1cccc(Cl)c1COCc1cccc(Br)c1. The molecule has 0 fully saturated rings. The van der Waals surface area contributed by atoms with Crippen molar-refractivity contribution in [2.75, 3.05) is 5.73 Å². The molecular formula is C14H13BrClNO. The second-order valence-electron chi connectivity index (χ2n) is 3.93. The molecule has 0 saturated heterocycles. The van der Waals surface area contributed by atoms with E-state index in [9.17, 15) is 0 Å². The van der Waals surface area contributed by atoms with Crippen LogP contribution >= 0.6 is 27.5 Å². The van der Waals surface area contributed by atoms with Crippen molar-refractivity contribution in [3.63, 3.8) is 0 Å². The average molecular weight is 327 g/mol. The molecule has 0 amide bonds. The van der Waals surface area contributed by atoms with Gasteiger partial charge in [0.1, 0.15) is 0 Å². The van der Waals surface area contributed by atoms with Crippen molar-refractivity contribution in [2.45, 2.75) is 13.2 Å². The Morgan fingerprint density at radius 1 is 1.11 bits per heavy atom. The van der Waals surface area contributed by atoms with E-state index in [1.54, 1.807) is 0 Å². The lowest BCUT2D eigenvalue weighted by Gasteiger charge is -2.09. The first-order valence-corrected chi connectivity index (χ1v) is 6.69. The van der Waals surface area contributed by atoms with Gasteiger partial charge in [0.2, 0.25) is 0 Å². The minimum absolute atomic E-state index is 0.415. The first-order valence-electron chi connectivity index (χ1n) is 5.52. The van der Waals surface area contributed by atoms with Gasteiger partial charge in [-0.15, -0.1) is 0 Å². The van der Waals surface area contributed by atoms with E-state index >= 15 is 0 Å². The van der Waals surface area contributed by atoms with Crippen LogP contribution in [0.1, 0.15) is 11.1 Å². The summed E-state index contributed by atoms with van der Waals surface area (Å²) in [6, 6.07) is 13.5. The maximum Gasteiger partial charge on any atom is 0.0756 e. The van der Waals surface area contributed by atoms with Crippen LogP contribution in [-0.4, -0.2) is 0 Å². The molecule has 0 radical (unpaired) electrons. The molecule has 2 aromatic rings. The summed E-state index contributed by atoms with van der Waals surface area (Å²) in [5.41, 5.74) is 8.46. The van der Waals surface area contributed by atoms with Crippen LogP contribution < -0.4 is 5.73 Å². The molecule has 0 heterocycles. The minimum Gasteiger partial charge on any atom is -0.398 e. The summed E-state index contributed by atoms with van der Waals surface area (Å²) in [4.78, 5) is 0. The van der Waals surface area contributed by atoms with Crippen LogP contribution in [0.25, 0.3) is 0 Å². The summed E-state index contributed by atoms with van der Waals surface area (Å²) < 4.78 is 6.68.